The zero-order valence-electron chi connectivity index (χ0n) is 14.4. The van der Waals surface area contributed by atoms with Crippen molar-refractivity contribution in [1.82, 2.24) is 15.3 Å². The maximum Gasteiger partial charge on any atom is 0.140 e. The highest BCUT2D eigenvalue weighted by Crippen LogP contribution is 2.39. The second-order valence-electron chi connectivity index (χ2n) is 6.92. The van der Waals surface area contributed by atoms with E-state index < -0.39 is 0 Å². The van der Waals surface area contributed by atoms with Crippen molar-refractivity contribution in [1.29, 1.82) is 0 Å². The van der Waals surface area contributed by atoms with E-state index in [4.69, 9.17) is 4.74 Å². The molecule has 26 heavy (non-hydrogen) atoms. The van der Waals surface area contributed by atoms with Crippen LogP contribution in [0.15, 0.2) is 30.6 Å². The molecule has 5 nitrogen and oxygen atoms in total. The number of methoxy groups -OCH3 is 1. The van der Waals surface area contributed by atoms with Gasteiger partial charge in [-0.05, 0) is 37.1 Å². The number of rotatable bonds is 3. The maximum absolute atomic E-state index is 14.4. The van der Waals surface area contributed by atoms with Crippen molar-refractivity contribution < 1.29 is 9.13 Å². The average molecular weight is 370 g/mol. The van der Waals surface area contributed by atoms with Crippen molar-refractivity contribution in [3.8, 4) is 16.2 Å². The van der Waals surface area contributed by atoms with E-state index in [1.54, 1.807) is 25.6 Å². The van der Waals surface area contributed by atoms with Crippen molar-refractivity contribution in [2.75, 3.05) is 25.1 Å². The SMILES string of the molecule is COc1ccc(F)c(-c2cc3c(N4CC5CCC(C4)N5)ncnc3s2)c1. The number of piperazine rings is 1. The Hall–Kier alpha value is -2.25. The fourth-order valence-corrected chi connectivity index (χ4v) is 5.03. The smallest absolute Gasteiger partial charge is 0.140 e. The normalized spacial score (nSPS) is 22.2. The number of fused-ring (bicyclic) bond motifs is 3. The second kappa shape index (κ2) is 6.17. The highest BCUT2D eigenvalue weighted by molar-refractivity contribution is 7.21. The van der Waals surface area contributed by atoms with Crippen LogP contribution in [0.2, 0.25) is 0 Å². The number of hydrogen-bond donors (Lipinski definition) is 1. The Kier molecular flexibility index (Phi) is 3.79. The summed E-state index contributed by atoms with van der Waals surface area (Å²) in [5, 5.41) is 4.64. The number of nitrogens with one attached hydrogen (secondary N) is 1. The molecule has 3 aromatic rings. The fraction of sp³-hybridized carbons (Fsp3) is 0.368. The number of halogens is 1. The van der Waals surface area contributed by atoms with Crippen LogP contribution in [0.25, 0.3) is 20.7 Å². The molecule has 1 N–H and O–H groups in total. The molecule has 4 heterocycles. The molecule has 2 saturated heterocycles. The highest BCUT2D eigenvalue weighted by atomic mass is 32.1. The summed E-state index contributed by atoms with van der Waals surface area (Å²) < 4.78 is 19.6. The van der Waals surface area contributed by atoms with E-state index in [0.717, 1.165) is 34.0 Å². The third-order valence-electron chi connectivity index (χ3n) is 5.26. The van der Waals surface area contributed by atoms with Gasteiger partial charge in [0.15, 0.2) is 0 Å². The molecule has 7 heteroatoms. The third kappa shape index (κ3) is 2.62. The Morgan fingerprint density at radius 3 is 2.77 bits per heavy atom. The summed E-state index contributed by atoms with van der Waals surface area (Å²) in [5.74, 6) is 1.34. The van der Waals surface area contributed by atoms with Crippen LogP contribution in [0.3, 0.4) is 0 Å². The molecular formula is C19H19FN4OS. The summed E-state index contributed by atoms with van der Waals surface area (Å²) in [7, 11) is 1.59. The fourth-order valence-electron chi connectivity index (χ4n) is 4.02. The molecule has 5 rings (SSSR count). The van der Waals surface area contributed by atoms with E-state index in [0.29, 0.717) is 23.4 Å². The zero-order valence-corrected chi connectivity index (χ0v) is 15.2. The summed E-state index contributed by atoms with van der Waals surface area (Å²) >= 11 is 1.49. The maximum atomic E-state index is 14.4. The van der Waals surface area contributed by atoms with Gasteiger partial charge in [-0.25, -0.2) is 14.4 Å². The Bertz CT molecular complexity index is 963. The Balaban J connectivity index is 1.58. The van der Waals surface area contributed by atoms with Crippen LogP contribution in [0.1, 0.15) is 12.8 Å². The molecule has 2 aromatic heterocycles. The predicted molar refractivity (Wildman–Crippen MR) is 102 cm³/mol. The number of ether oxygens (including phenoxy) is 1. The van der Waals surface area contributed by atoms with Crippen LogP contribution in [0, 0.1) is 5.82 Å². The van der Waals surface area contributed by atoms with E-state index in [1.165, 1.54) is 30.2 Å². The molecule has 0 amide bonds. The average Bonchev–Trinajstić information content (AvgIpc) is 3.24. The van der Waals surface area contributed by atoms with E-state index in [9.17, 15) is 4.39 Å². The summed E-state index contributed by atoms with van der Waals surface area (Å²) in [4.78, 5) is 13.1. The lowest BCUT2D eigenvalue weighted by molar-refractivity contribution is 0.414. The van der Waals surface area contributed by atoms with E-state index >= 15 is 0 Å². The molecule has 0 aliphatic carbocycles. The summed E-state index contributed by atoms with van der Waals surface area (Å²) in [6.45, 7) is 1.92. The van der Waals surface area contributed by atoms with Crippen molar-refractivity contribution in [2.24, 2.45) is 0 Å². The van der Waals surface area contributed by atoms with Gasteiger partial charge in [-0.2, -0.15) is 0 Å². The van der Waals surface area contributed by atoms with Gasteiger partial charge in [0.2, 0.25) is 0 Å². The van der Waals surface area contributed by atoms with Gasteiger partial charge in [0.05, 0.1) is 12.5 Å². The Morgan fingerprint density at radius 2 is 2.00 bits per heavy atom. The lowest BCUT2D eigenvalue weighted by Gasteiger charge is -2.33. The number of anilines is 1. The number of nitrogens with zero attached hydrogens (tertiary/aromatic N) is 3. The van der Waals surface area contributed by atoms with Crippen LogP contribution < -0.4 is 15.0 Å². The first-order valence-corrected chi connectivity index (χ1v) is 9.62. The van der Waals surface area contributed by atoms with Crippen LogP contribution in [0.4, 0.5) is 10.2 Å². The number of aromatic nitrogens is 2. The van der Waals surface area contributed by atoms with Gasteiger partial charge >= 0.3 is 0 Å². The topological polar surface area (TPSA) is 50.3 Å². The molecule has 2 aliphatic rings. The molecule has 2 fully saturated rings. The molecule has 2 bridgehead atoms. The molecular weight excluding hydrogens is 351 g/mol. The lowest BCUT2D eigenvalue weighted by atomic mass is 10.1. The molecule has 0 spiro atoms. The standard InChI is InChI=1S/C19H19FN4OS/c1-25-13-4-5-16(20)14(6-13)17-7-15-18(21-10-22-19(15)26-17)24-8-11-2-3-12(9-24)23-11/h4-7,10-12,23H,2-3,8-9H2,1H3. The molecule has 2 unspecified atom stereocenters. The number of hydrogen-bond acceptors (Lipinski definition) is 6. The largest absolute Gasteiger partial charge is 0.497 e. The highest BCUT2D eigenvalue weighted by Gasteiger charge is 2.33. The minimum Gasteiger partial charge on any atom is -0.497 e. The van der Waals surface area contributed by atoms with Crippen LogP contribution in [-0.4, -0.2) is 42.3 Å². The second-order valence-corrected chi connectivity index (χ2v) is 7.95. The molecule has 2 aliphatic heterocycles. The van der Waals surface area contributed by atoms with Gasteiger partial charge in [0, 0.05) is 35.6 Å². The van der Waals surface area contributed by atoms with Crippen LogP contribution in [0.5, 0.6) is 5.75 Å². The first kappa shape index (κ1) is 16.0. The Morgan fingerprint density at radius 1 is 1.19 bits per heavy atom. The number of thiophene rings is 1. The van der Waals surface area contributed by atoms with Gasteiger partial charge in [-0.1, -0.05) is 0 Å². The van der Waals surface area contributed by atoms with Crippen molar-refractivity contribution in [3.05, 3.63) is 36.4 Å². The monoisotopic (exact) mass is 370 g/mol. The van der Waals surface area contributed by atoms with Crippen LogP contribution in [-0.2, 0) is 0 Å². The zero-order chi connectivity index (χ0) is 17.7. The van der Waals surface area contributed by atoms with Gasteiger partial charge in [-0.15, -0.1) is 11.3 Å². The third-order valence-corrected chi connectivity index (χ3v) is 6.34. The minimum absolute atomic E-state index is 0.257. The lowest BCUT2D eigenvalue weighted by Crippen LogP contribution is -2.51. The Labute approximate surface area is 154 Å². The van der Waals surface area contributed by atoms with Gasteiger partial charge < -0.3 is 15.0 Å². The molecule has 134 valence electrons. The van der Waals surface area contributed by atoms with Gasteiger partial charge in [-0.3, -0.25) is 0 Å². The molecule has 0 radical (unpaired) electrons. The van der Waals surface area contributed by atoms with Crippen molar-refractivity contribution in [3.63, 3.8) is 0 Å². The van der Waals surface area contributed by atoms with Crippen molar-refractivity contribution in [2.45, 2.75) is 24.9 Å². The van der Waals surface area contributed by atoms with Gasteiger partial charge in [0.25, 0.3) is 0 Å². The molecule has 1 aromatic carbocycles. The quantitative estimate of drug-likeness (QED) is 0.765. The summed E-state index contributed by atoms with van der Waals surface area (Å²) in [6, 6.07) is 7.89. The molecule has 0 saturated carbocycles. The van der Waals surface area contributed by atoms with Crippen molar-refractivity contribution >= 4 is 27.4 Å². The first-order valence-electron chi connectivity index (χ1n) is 8.81. The first-order chi connectivity index (χ1) is 12.7. The summed E-state index contributed by atoms with van der Waals surface area (Å²) in [5.41, 5.74) is 0.540. The van der Waals surface area contributed by atoms with E-state index in [2.05, 4.69) is 20.2 Å². The number of benzene rings is 1. The van der Waals surface area contributed by atoms with E-state index in [-0.39, 0.29) is 5.82 Å². The van der Waals surface area contributed by atoms with Gasteiger partial charge in [0.1, 0.15) is 28.5 Å². The van der Waals surface area contributed by atoms with Crippen LogP contribution >= 0.6 is 11.3 Å². The predicted octanol–water partition coefficient (Wildman–Crippen LogP) is 3.45. The molecule has 2 atom stereocenters. The van der Waals surface area contributed by atoms with E-state index in [1.807, 2.05) is 6.07 Å². The minimum atomic E-state index is -0.257. The summed E-state index contributed by atoms with van der Waals surface area (Å²) in [6.07, 6.45) is 4.06.